The van der Waals surface area contributed by atoms with E-state index in [1.807, 2.05) is 36.4 Å². The Morgan fingerprint density at radius 2 is 1.81 bits per heavy atom. The van der Waals surface area contributed by atoms with Crippen LogP contribution in [0.2, 0.25) is 5.02 Å². The maximum Gasteiger partial charge on any atom is 0.222 e. The number of rotatable bonds is 4. The average molecular weight is 365 g/mol. The van der Waals surface area contributed by atoms with Gasteiger partial charge in [0.25, 0.3) is 0 Å². The summed E-state index contributed by atoms with van der Waals surface area (Å²) in [5, 5.41) is 4.82. The normalized spacial score (nSPS) is 22.0. The van der Waals surface area contributed by atoms with Crippen LogP contribution < -0.4 is 5.43 Å². The summed E-state index contributed by atoms with van der Waals surface area (Å²) in [5.74, 6) is -0.584. The lowest BCUT2D eigenvalue weighted by molar-refractivity contribution is -0.115. The van der Waals surface area contributed by atoms with Gasteiger partial charge in [-0.05, 0) is 49.1 Å². The Kier molecular flexibility index (Phi) is 4.21. The van der Waals surface area contributed by atoms with Gasteiger partial charge in [-0.1, -0.05) is 48.0 Å². The molecule has 2 aromatic carbocycles. The average Bonchev–Trinajstić information content (AvgIpc) is 3.31. The molecule has 1 aliphatic heterocycles. The van der Waals surface area contributed by atoms with Crippen LogP contribution in [0.4, 0.5) is 0 Å². The van der Waals surface area contributed by atoms with Gasteiger partial charge in [-0.15, -0.1) is 0 Å². The van der Waals surface area contributed by atoms with E-state index >= 15 is 0 Å². The van der Waals surface area contributed by atoms with Crippen molar-refractivity contribution in [3.8, 4) is 0 Å². The first-order chi connectivity index (χ1) is 12.6. The largest absolute Gasteiger partial charge is 0.291 e. The molecule has 26 heavy (non-hydrogen) atoms. The molecular formula is C21H17ClN2O2. The molecule has 0 amide bonds. The zero-order valence-electron chi connectivity index (χ0n) is 14.0. The quantitative estimate of drug-likeness (QED) is 0.507. The van der Waals surface area contributed by atoms with Crippen LogP contribution in [0.3, 0.4) is 0 Å². The maximum absolute atomic E-state index is 13.4. The first-order valence-electron chi connectivity index (χ1n) is 8.58. The van der Waals surface area contributed by atoms with E-state index in [1.165, 1.54) is 0 Å². The van der Waals surface area contributed by atoms with Crippen molar-refractivity contribution in [2.24, 2.45) is 5.10 Å². The molecular weight excluding hydrogens is 348 g/mol. The van der Waals surface area contributed by atoms with Gasteiger partial charge in [0.2, 0.25) is 17.1 Å². The second-order valence-electron chi connectivity index (χ2n) is 6.47. The minimum Gasteiger partial charge on any atom is -0.291 e. The van der Waals surface area contributed by atoms with Crippen LogP contribution in [0.25, 0.3) is 0 Å². The predicted molar refractivity (Wildman–Crippen MR) is 102 cm³/mol. The Morgan fingerprint density at radius 1 is 1.08 bits per heavy atom. The summed E-state index contributed by atoms with van der Waals surface area (Å²) in [6.45, 7) is 0. The zero-order valence-corrected chi connectivity index (χ0v) is 14.8. The smallest absolute Gasteiger partial charge is 0.222 e. The number of nitrogens with one attached hydrogen (secondary N) is 1. The van der Waals surface area contributed by atoms with Crippen molar-refractivity contribution >= 4 is 28.9 Å². The van der Waals surface area contributed by atoms with Gasteiger partial charge in [0, 0.05) is 16.1 Å². The highest BCUT2D eigenvalue weighted by molar-refractivity contribution is 6.55. The molecule has 0 aromatic heterocycles. The molecule has 0 fully saturated rings. The Labute approximate surface area is 156 Å². The molecule has 2 aliphatic rings. The Hall–Kier alpha value is -2.72. The molecule has 1 atom stereocenters. The fraction of sp³-hybridized carbons (Fsp3) is 0.190. The lowest BCUT2D eigenvalue weighted by atomic mass is 9.77. The molecule has 1 N–H and O–H groups in total. The number of hydrogen-bond donors (Lipinski definition) is 1. The van der Waals surface area contributed by atoms with E-state index in [0.717, 1.165) is 18.4 Å². The van der Waals surface area contributed by atoms with Gasteiger partial charge in [-0.3, -0.25) is 15.0 Å². The molecule has 1 heterocycles. The summed E-state index contributed by atoms with van der Waals surface area (Å²) in [4.78, 5) is 26.8. The summed E-state index contributed by atoms with van der Waals surface area (Å²) in [7, 11) is 0. The number of Topliss-reactive ketones (excluding diaryl/α,β-unsaturated/α-hetero) is 2. The lowest BCUT2D eigenvalue weighted by Crippen LogP contribution is -2.55. The zero-order chi connectivity index (χ0) is 18.1. The van der Waals surface area contributed by atoms with E-state index in [9.17, 15) is 9.59 Å². The first-order valence-corrected chi connectivity index (χ1v) is 8.95. The Balaban J connectivity index is 1.78. The molecule has 4 rings (SSSR count). The van der Waals surface area contributed by atoms with Crippen LogP contribution in [0.5, 0.6) is 0 Å². The molecule has 1 unspecified atom stereocenters. The number of allylic oxidation sites excluding steroid dienone is 1. The van der Waals surface area contributed by atoms with Gasteiger partial charge < -0.3 is 0 Å². The van der Waals surface area contributed by atoms with Crippen LogP contribution in [0.1, 0.15) is 35.2 Å². The number of benzene rings is 2. The van der Waals surface area contributed by atoms with Crippen LogP contribution >= 0.6 is 11.6 Å². The van der Waals surface area contributed by atoms with Gasteiger partial charge in [0.15, 0.2) is 0 Å². The van der Waals surface area contributed by atoms with Gasteiger partial charge in [-0.25, -0.2) is 0 Å². The second-order valence-corrected chi connectivity index (χ2v) is 6.91. The number of halogens is 1. The van der Waals surface area contributed by atoms with Gasteiger partial charge in [0.1, 0.15) is 5.71 Å². The SMILES string of the molecule is O=C1C(c2ccccc2)=NNC1(C(=O)c1ccc(Cl)cc1)C1=CCCC1. The third-order valence-electron chi connectivity index (χ3n) is 4.91. The third-order valence-corrected chi connectivity index (χ3v) is 5.16. The molecule has 1 aliphatic carbocycles. The molecule has 2 aromatic rings. The van der Waals surface area contributed by atoms with Crippen molar-refractivity contribution in [3.63, 3.8) is 0 Å². The topological polar surface area (TPSA) is 58.5 Å². The standard InChI is InChI=1S/C21H17ClN2O2/c22-17-12-10-15(11-13-17)19(25)21(16-8-4-5-9-16)20(26)18(23-24-21)14-6-2-1-3-7-14/h1-3,6-8,10-13,24H,4-5,9H2. The molecule has 0 spiro atoms. The summed E-state index contributed by atoms with van der Waals surface area (Å²) in [5.41, 5.74) is 3.70. The summed E-state index contributed by atoms with van der Waals surface area (Å²) >= 11 is 5.94. The van der Waals surface area contributed by atoms with Crippen molar-refractivity contribution in [3.05, 3.63) is 82.4 Å². The summed E-state index contributed by atoms with van der Waals surface area (Å²) < 4.78 is 0. The van der Waals surface area contributed by atoms with Gasteiger partial charge in [-0.2, -0.15) is 5.10 Å². The van der Waals surface area contributed by atoms with Crippen LogP contribution in [0, 0.1) is 0 Å². The molecule has 0 radical (unpaired) electrons. The van der Waals surface area contributed by atoms with E-state index in [0.29, 0.717) is 28.3 Å². The van der Waals surface area contributed by atoms with Gasteiger partial charge >= 0.3 is 0 Å². The van der Waals surface area contributed by atoms with Crippen LogP contribution in [0.15, 0.2) is 71.3 Å². The highest BCUT2D eigenvalue weighted by Crippen LogP contribution is 2.35. The van der Waals surface area contributed by atoms with Crippen molar-refractivity contribution in [1.29, 1.82) is 0 Å². The van der Waals surface area contributed by atoms with E-state index in [2.05, 4.69) is 10.5 Å². The Morgan fingerprint density at radius 3 is 2.46 bits per heavy atom. The number of hydrazone groups is 1. The predicted octanol–water partition coefficient (Wildman–Crippen LogP) is 3.95. The number of ketones is 2. The highest BCUT2D eigenvalue weighted by Gasteiger charge is 2.54. The monoisotopic (exact) mass is 364 g/mol. The third kappa shape index (κ3) is 2.58. The van der Waals surface area contributed by atoms with E-state index in [4.69, 9.17) is 11.6 Å². The minimum atomic E-state index is -1.45. The Bertz CT molecular complexity index is 932. The summed E-state index contributed by atoms with van der Waals surface area (Å²) in [6.07, 6.45) is 4.49. The molecule has 5 heteroatoms. The molecule has 0 bridgehead atoms. The lowest BCUT2D eigenvalue weighted by Gasteiger charge is -2.27. The molecule has 0 saturated carbocycles. The van der Waals surface area contributed by atoms with Crippen molar-refractivity contribution in [2.75, 3.05) is 0 Å². The van der Waals surface area contributed by atoms with E-state index < -0.39 is 5.54 Å². The first kappa shape index (κ1) is 16.7. The molecule has 0 saturated heterocycles. The highest BCUT2D eigenvalue weighted by atomic mass is 35.5. The number of hydrogen-bond acceptors (Lipinski definition) is 4. The van der Waals surface area contributed by atoms with E-state index in [-0.39, 0.29) is 11.6 Å². The van der Waals surface area contributed by atoms with Crippen LogP contribution in [-0.2, 0) is 4.79 Å². The van der Waals surface area contributed by atoms with Gasteiger partial charge in [0.05, 0.1) is 0 Å². The van der Waals surface area contributed by atoms with Crippen molar-refractivity contribution in [1.82, 2.24) is 5.43 Å². The number of nitrogens with zero attached hydrogens (tertiary/aromatic N) is 1. The molecule has 130 valence electrons. The minimum absolute atomic E-state index is 0.290. The summed E-state index contributed by atoms with van der Waals surface area (Å²) in [6, 6.07) is 15.8. The second kappa shape index (κ2) is 6.54. The van der Waals surface area contributed by atoms with E-state index in [1.54, 1.807) is 24.3 Å². The number of carbonyl (C=O) groups excluding carboxylic acids is 2. The fourth-order valence-electron chi connectivity index (χ4n) is 3.56. The maximum atomic E-state index is 13.4. The fourth-order valence-corrected chi connectivity index (χ4v) is 3.68. The van der Waals surface area contributed by atoms with Crippen molar-refractivity contribution < 1.29 is 9.59 Å². The number of carbonyl (C=O) groups is 2. The molecule has 4 nitrogen and oxygen atoms in total. The van der Waals surface area contributed by atoms with Crippen LogP contribution in [-0.4, -0.2) is 22.8 Å². The van der Waals surface area contributed by atoms with Crippen molar-refractivity contribution in [2.45, 2.75) is 24.8 Å².